The first-order valence-electron chi connectivity index (χ1n) is 10.1. The molecule has 0 aromatic heterocycles. The van der Waals surface area contributed by atoms with Crippen molar-refractivity contribution >= 4 is 11.8 Å². The van der Waals surface area contributed by atoms with E-state index < -0.39 is 0 Å². The molecule has 5 heteroatoms. The lowest BCUT2D eigenvalue weighted by Crippen LogP contribution is -2.53. The molecule has 2 heterocycles. The average molecular weight is 357 g/mol. The van der Waals surface area contributed by atoms with Crippen LogP contribution in [0.5, 0.6) is 0 Å². The van der Waals surface area contributed by atoms with Crippen molar-refractivity contribution in [1.82, 2.24) is 15.1 Å². The Balaban J connectivity index is 1.42. The van der Waals surface area contributed by atoms with Crippen LogP contribution in [0.2, 0.25) is 0 Å². The lowest BCUT2D eigenvalue weighted by Gasteiger charge is -2.36. The van der Waals surface area contributed by atoms with Crippen LogP contribution < -0.4 is 5.32 Å². The number of nitrogens with zero attached hydrogens (tertiary/aromatic N) is 2. The van der Waals surface area contributed by atoms with Crippen LogP contribution >= 0.6 is 0 Å². The van der Waals surface area contributed by atoms with Crippen molar-refractivity contribution in [3.05, 3.63) is 35.9 Å². The van der Waals surface area contributed by atoms with Gasteiger partial charge in [0.25, 0.3) is 0 Å². The fourth-order valence-electron chi connectivity index (χ4n) is 4.01. The van der Waals surface area contributed by atoms with Crippen molar-refractivity contribution in [3.63, 3.8) is 0 Å². The molecule has 3 rings (SSSR count). The van der Waals surface area contributed by atoms with E-state index in [9.17, 15) is 9.59 Å². The van der Waals surface area contributed by atoms with Gasteiger partial charge in [-0.3, -0.25) is 14.5 Å². The van der Waals surface area contributed by atoms with Crippen LogP contribution in [0, 0.1) is 0 Å². The molecule has 0 radical (unpaired) electrons. The highest BCUT2D eigenvalue weighted by molar-refractivity contribution is 5.84. The molecule has 26 heavy (non-hydrogen) atoms. The molecular weight excluding hydrogens is 326 g/mol. The van der Waals surface area contributed by atoms with Gasteiger partial charge in [-0.2, -0.15) is 0 Å². The van der Waals surface area contributed by atoms with Gasteiger partial charge in [0.2, 0.25) is 11.8 Å². The number of hydrogen-bond donors (Lipinski definition) is 1. The summed E-state index contributed by atoms with van der Waals surface area (Å²) in [6.07, 6.45) is 7.18. The molecule has 1 aromatic rings. The van der Waals surface area contributed by atoms with E-state index in [1.54, 1.807) is 0 Å². The molecule has 1 aromatic carbocycles. The van der Waals surface area contributed by atoms with E-state index in [0.29, 0.717) is 13.1 Å². The maximum Gasteiger partial charge on any atom is 0.239 e. The highest BCUT2D eigenvalue weighted by Gasteiger charge is 2.33. The van der Waals surface area contributed by atoms with Gasteiger partial charge in [-0.05, 0) is 50.6 Å². The minimum atomic E-state index is -0.100. The predicted molar refractivity (Wildman–Crippen MR) is 103 cm³/mol. The molecule has 2 fully saturated rings. The Labute approximate surface area is 156 Å². The molecule has 1 N–H and O–H groups in total. The van der Waals surface area contributed by atoms with Crippen molar-refractivity contribution in [2.45, 2.75) is 51.0 Å². The fraction of sp³-hybridized carbons (Fsp3) is 0.619. The minimum absolute atomic E-state index is 0.0409. The fourth-order valence-corrected chi connectivity index (χ4v) is 4.01. The zero-order valence-electron chi connectivity index (χ0n) is 15.7. The van der Waals surface area contributed by atoms with Crippen molar-refractivity contribution in [2.24, 2.45) is 0 Å². The second kappa shape index (κ2) is 9.72. The number of rotatable bonds is 7. The second-order valence-electron chi connectivity index (χ2n) is 7.45. The summed E-state index contributed by atoms with van der Waals surface area (Å²) in [6.45, 7) is 3.65. The van der Waals surface area contributed by atoms with Gasteiger partial charge in [-0.1, -0.05) is 36.8 Å². The van der Waals surface area contributed by atoms with Gasteiger partial charge in [0.05, 0.1) is 12.6 Å². The summed E-state index contributed by atoms with van der Waals surface area (Å²) < 4.78 is 0. The van der Waals surface area contributed by atoms with Gasteiger partial charge in [0.15, 0.2) is 0 Å². The quantitative estimate of drug-likeness (QED) is 0.761. The van der Waals surface area contributed by atoms with Crippen molar-refractivity contribution in [1.29, 1.82) is 0 Å². The maximum atomic E-state index is 12.8. The number of likely N-dealkylation sites (tertiary alicyclic amines) is 2. The molecule has 2 saturated heterocycles. The Kier molecular flexibility index (Phi) is 7.06. The van der Waals surface area contributed by atoms with E-state index in [1.807, 2.05) is 23.1 Å². The van der Waals surface area contributed by atoms with Gasteiger partial charge in [-0.15, -0.1) is 0 Å². The predicted octanol–water partition coefficient (Wildman–Crippen LogP) is 2.21. The summed E-state index contributed by atoms with van der Waals surface area (Å²) in [5.41, 5.74) is 1.30. The Morgan fingerprint density at radius 1 is 1.00 bits per heavy atom. The van der Waals surface area contributed by atoms with E-state index in [2.05, 4.69) is 22.3 Å². The minimum Gasteiger partial charge on any atom is -0.355 e. The Morgan fingerprint density at radius 2 is 1.73 bits per heavy atom. The van der Waals surface area contributed by atoms with Crippen LogP contribution in [0.25, 0.3) is 0 Å². The molecule has 0 saturated carbocycles. The molecule has 0 bridgehead atoms. The SMILES string of the molecule is O=C(CN1CCCC[C@@H]1C(=O)N1CCCC1)NCCCc1ccccc1. The monoisotopic (exact) mass is 357 g/mol. The van der Waals surface area contributed by atoms with Gasteiger partial charge >= 0.3 is 0 Å². The van der Waals surface area contributed by atoms with Crippen LogP contribution in [0.3, 0.4) is 0 Å². The summed E-state index contributed by atoms with van der Waals surface area (Å²) in [4.78, 5) is 29.2. The summed E-state index contributed by atoms with van der Waals surface area (Å²) in [7, 11) is 0. The third-order valence-electron chi connectivity index (χ3n) is 5.47. The number of carbonyl (C=O) groups excluding carboxylic acids is 2. The summed E-state index contributed by atoms with van der Waals surface area (Å²) in [6, 6.07) is 10.2. The number of aryl methyl sites for hydroxylation is 1. The Hall–Kier alpha value is -1.88. The lowest BCUT2D eigenvalue weighted by atomic mass is 10.0. The normalized spacial score (nSPS) is 20.9. The largest absolute Gasteiger partial charge is 0.355 e. The summed E-state index contributed by atoms with van der Waals surface area (Å²) in [5, 5.41) is 3.02. The number of benzene rings is 1. The first kappa shape index (κ1) is 18.9. The standard InChI is InChI=1S/C21H31N3O2/c25-20(22-13-8-11-18-9-2-1-3-10-18)17-24-16-5-4-12-19(24)21(26)23-14-6-7-15-23/h1-3,9-10,19H,4-8,11-17H2,(H,22,25)/t19-/m1/s1. The zero-order chi connectivity index (χ0) is 18.2. The first-order chi connectivity index (χ1) is 12.7. The molecular formula is C21H31N3O2. The van der Waals surface area contributed by atoms with E-state index in [0.717, 1.165) is 64.6 Å². The molecule has 0 spiro atoms. The van der Waals surface area contributed by atoms with Crippen LogP contribution in [-0.2, 0) is 16.0 Å². The number of amides is 2. The molecule has 2 aliphatic heterocycles. The van der Waals surface area contributed by atoms with Gasteiger partial charge in [0, 0.05) is 19.6 Å². The molecule has 142 valence electrons. The maximum absolute atomic E-state index is 12.8. The summed E-state index contributed by atoms with van der Waals surface area (Å²) in [5.74, 6) is 0.276. The zero-order valence-corrected chi connectivity index (χ0v) is 15.7. The van der Waals surface area contributed by atoms with Crippen LogP contribution in [0.4, 0.5) is 0 Å². The van der Waals surface area contributed by atoms with Crippen molar-refractivity contribution in [2.75, 3.05) is 32.7 Å². The number of carbonyl (C=O) groups is 2. The molecule has 0 unspecified atom stereocenters. The van der Waals surface area contributed by atoms with Crippen LogP contribution in [0.1, 0.15) is 44.1 Å². The smallest absolute Gasteiger partial charge is 0.239 e. The van der Waals surface area contributed by atoms with E-state index in [4.69, 9.17) is 0 Å². The van der Waals surface area contributed by atoms with Crippen molar-refractivity contribution < 1.29 is 9.59 Å². The van der Waals surface area contributed by atoms with E-state index in [-0.39, 0.29) is 17.9 Å². The third-order valence-corrected chi connectivity index (χ3v) is 5.47. The Morgan fingerprint density at radius 3 is 2.50 bits per heavy atom. The van der Waals surface area contributed by atoms with Crippen LogP contribution in [0.15, 0.2) is 30.3 Å². The molecule has 2 amide bonds. The first-order valence-corrected chi connectivity index (χ1v) is 10.1. The summed E-state index contributed by atoms with van der Waals surface area (Å²) >= 11 is 0. The van der Waals surface area contributed by atoms with E-state index in [1.165, 1.54) is 5.56 Å². The van der Waals surface area contributed by atoms with Gasteiger partial charge < -0.3 is 10.2 Å². The van der Waals surface area contributed by atoms with Gasteiger partial charge in [-0.25, -0.2) is 0 Å². The number of hydrogen-bond acceptors (Lipinski definition) is 3. The lowest BCUT2D eigenvalue weighted by molar-refractivity contribution is -0.138. The van der Waals surface area contributed by atoms with Gasteiger partial charge in [0.1, 0.15) is 0 Å². The number of piperidine rings is 1. The molecule has 0 aliphatic carbocycles. The molecule has 1 atom stereocenters. The highest BCUT2D eigenvalue weighted by atomic mass is 16.2. The number of nitrogens with one attached hydrogen (secondary N) is 1. The highest BCUT2D eigenvalue weighted by Crippen LogP contribution is 2.20. The third kappa shape index (κ3) is 5.31. The topological polar surface area (TPSA) is 52.7 Å². The molecule has 5 nitrogen and oxygen atoms in total. The Bertz CT molecular complexity index is 584. The van der Waals surface area contributed by atoms with Crippen molar-refractivity contribution in [3.8, 4) is 0 Å². The van der Waals surface area contributed by atoms with E-state index >= 15 is 0 Å². The van der Waals surface area contributed by atoms with Crippen LogP contribution in [-0.4, -0.2) is 60.4 Å². The second-order valence-corrected chi connectivity index (χ2v) is 7.45. The average Bonchev–Trinajstić information content (AvgIpc) is 3.21. The molecule has 2 aliphatic rings.